The number of rotatable bonds is 8. The molecule has 0 radical (unpaired) electrons. The Morgan fingerprint density at radius 2 is 1.65 bits per heavy atom. The molecule has 0 spiro atoms. The fraction of sp³-hybridized carbons (Fsp3) is 0.241. The maximum Gasteiger partial charge on any atom is 0.270 e. The van der Waals surface area contributed by atoms with Gasteiger partial charge in [-0.15, -0.1) is 0 Å². The van der Waals surface area contributed by atoms with Crippen LogP contribution in [0.3, 0.4) is 0 Å². The van der Waals surface area contributed by atoms with Crippen LogP contribution in [0.2, 0.25) is 0 Å². The second-order valence-corrected chi connectivity index (χ2v) is 8.47. The minimum atomic E-state index is -0.153. The van der Waals surface area contributed by atoms with Crippen molar-refractivity contribution in [1.29, 1.82) is 0 Å². The molecule has 0 saturated heterocycles. The number of benzene rings is 3. The van der Waals surface area contributed by atoms with Crippen molar-refractivity contribution >= 4 is 5.91 Å². The molecule has 1 heterocycles. The average Bonchev–Trinajstić information content (AvgIpc) is 3.26. The van der Waals surface area contributed by atoms with E-state index in [1.807, 2.05) is 79.1 Å². The standard InChI is InChI=1S/C29H31N3O2/c1-4-12-24(21-13-8-6-9-14-21)30-29(34)27-26(23-17-18-25(33)20(3)19-23)31-28(32(27)5-2)22-15-10-7-11-16-22/h6-11,13-19,24,33H,4-5,12H2,1-3H3,(H,30,34). The summed E-state index contributed by atoms with van der Waals surface area (Å²) in [6, 6.07) is 25.3. The highest BCUT2D eigenvalue weighted by molar-refractivity contribution is 6.00. The lowest BCUT2D eigenvalue weighted by Crippen LogP contribution is -2.30. The highest BCUT2D eigenvalue weighted by Crippen LogP contribution is 2.32. The van der Waals surface area contributed by atoms with Crippen LogP contribution in [0.1, 0.15) is 54.3 Å². The van der Waals surface area contributed by atoms with E-state index >= 15 is 0 Å². The van der Waals surface area contributed by atoms with Crippen LogP contribution in [-0.2, 0) is 6.54 Å². The Bertz CT molecular complexity index is 1260. The van der Waals surface area contributed by atoms with Crippen molar-refractivity contribution in [2.45, 2.75) is 46.2 Å². The van der Waals surface area contributed by atoms with Gasteiger partial charge in [0.25, 0.3) is 5.91 Å². The maximum absolute atomic E-state index is 13.9. The fourth-order valence-electron chi connectivity index (χ4n) is 4.33. The van der Waals surface area contributed by atoms with Crippen molar-refractivity contribution in [3.8, 4) is 28.4 Å². The number of nitrogens with one attached hydrogen (secondary N) is 1. The molecule has 0 fully saturated rings. The minimum absolute atomic E-state index is 0.0894. The van der Waals surface area contributed by atoms with E-state index in [1.54, 1.807) is 6.07 Å². The van der Waals surface area contributed by atoms with E-state index in [4.69, 9.17) is 4.98 Å². The van der Waals surface area contributed by atoms with Crippen molar-refractivity contribution in [2.75, 3.05) is 0 Å². The summed E-state index contributed by atoms with van der Waals surface area (Å²) < 4.78 is 1.98. The Balaban J connectivity index is 1.84. The van der Waals surface area contributed by atoms with E-state index in [0.717, 1.165) is 40.9 Å². The molecule has 1 unspecified atom stereocenters. The molecule has 1 aromatic heterocycles. The highest BCUT2D eigenvalue weighted by atomic mass is 16.3. The lowest BCUT2D eigenvalue weighted by molar-refractivity contribution is 0.0926. The highest BCUT2D eigenvalue weighted by Gasteiger charge is 2.26. The van der Waals surface area contributed by atoms with Crippen LogP contribution in [0.15, 0.2) is 78.9 Å². The first-order valence-corrected chi connectivity index (χ1v) is 11.8. The van der Waals surface area contributed by atoms with Gasteiger partial charge in [-0.1, -0.05) is 74.0 Å². The van der Waals surface area contributed by atoms with Gasteiger partial charge in [-0.25, -0.2) is 4.98 Å². The largest absolute Gasteiger partial charge is 0.508 e. The minimum Gasteiger partial charge on any atom is -0.508 e. The third-order valence-electron chi connectivity index (χ3n) is 6.09. The van der Waals surface area contributed by atoms with Gasteiger partial charge in [0.1, 0.15) is 23.0 Å². The monoisotopic (exact) mass is 453 g/mol. The fourth-order valence-corrected chi connectivity index (χ4v) is 4.33. The molecule has 3 aromatic carbocycles. The zero-order chi connectivity index (χ0) is 24.1. The van der Waals surface area contributed by atoms with Crippen LogP contribution < -0.4 is 5.32 Å². The van der Waals surface area contributed by atoms with E-state index in [1.165, 1.54) is 0 Å². The molecule has 0 saturated carbocycles. The summed E-state index contributed by atoms with van der Waals surface area (Å²) >= 11 is 0. The van der Waals surface area contributed by atoms with Crippen molar-refractivity contribution in [3.63, 3.8) is 0 Å². The predicted molar refractivity (Wildman–Crippen MR) is 137 cm³/mol. The summed E-state index contributed by atoms with van der Waals surface area (Å²) in [5.74, 6) is 0.820. The Morgan fingerprint density at radius 3 is 2.26 bits per heavy atom. The normalized spacial score (nSPS) is 11.9. The number of phenolic OH excluding ortho intramolecular Hbond substituents is 1. The third-order valence-corrected chi connectivity index (χ3v) is 6.09. The Morgan fingerprint density at radius 1 is 0.971 bits per heavy atom. The number of hydrogen-bond acceptors (Lipinski definition) is 3. The Labute approximate surface area is 201 Å². The van der Waals surface area contributed by atoms with E-state index in [9.17, 15) is 9.90 Å². The van der Waals surface area contributed by atoms with Crippen molar-refractivity contribution in [3.05, 3.63) is 95.7 Å². The molecule has 2 N–H and O–H groups in total. The number of aromatic nitrogens is 2. The summed E-state index contributed by atoms with van der Waals surface area (Å²) in [6.45, 7) is 6.59. The van der Waals surface area contributed by atoms with Gasteiger partial charge in [-0.3, -0.25) is 4.79 Å². The van der Waals surface area contributed by atoms with E-state index in [-0.39, 0.29) is 17.7 Å². The molecule has 4 aromatic rings. The van der Waals surface area contributed by atoms with Crippen molar-refractivity contribution in [2.24, 2.45) is 0 Å². The number of aromatic hydroxyl groups is 1. The Hall–Kier alpha value is -3.86. The molecule has 5 heteroatoms. The molecule has 0 aliphatic carbocycles. The number of phenols is 1. The van der Waals surface area contributed by atoms with Crippen LogP contribution in [0.5, 0.6) is 5.75 Å². The summed E-state index contributed by atoms with van der Waals surface area (Å²) in [4.78, 5) is 18.8. The number of hydrogen-bond donors (Lipinski definition) is 2. The summed E-state index contributed by atoms with van der Waals surface area (Å²) in [7, 11) is 0. The molecule has 0 bridgehead atoms. The van der Waals surface area contributed by atoms with Gasteiger partial charge >= 0.3 is 0 Å². The molecule has 1 atom stereocenters. The molecular weight excluding hydrogens is 422 g/mol. The first-order chi connectivity index (χ1) is 16.5. The second kappa shape index (κ2) is 10.4. The number of carbonyl (C=O) groups is 1. The molecule has 0 aliphatic heterocycles. The van der Waals surface area contributed by atoms with Crippen LogP contribution in [-0.4, -0.2) is 20.6 Å². The van der Waals surface area contributed by atoms with Crippen molar-refractivity contribution in [1.82, 2.24) is 14.9 Å². The Kier molecular flexibility index (Phi) is 7.12. The van der Waals surface area contributed by atoms with Gasteiger partial charge in [-0.05, 0) is 49.6 Å². The molecule has 1 amide bonds. The first-order valence-electron chi connectivity index (χ1n) is 11.8. The average molecular weight is 454 g/mol. The molecule has 0 aliphatic rings. The maximum atomic E-state index is 13.9. The van der Waals surface area contributed by atoms with Crippen LogP contribution in [0, 0.1) is 6.92 Å². The van der Waals surface area contributed by atoms with E-state index in [0.29, 0.717) is 17.9 Å². The van der Waals surface area contributed by atoms with Gasteiger partial charge in [-0.2, -0.15) is 0 Å². The number of aryl methyl sites for hydroxylation is 1. The lowest BCUT2D eigenvalue weighted by Gasteiger charge is -2.20. The van der Waals surface area contributed by atoms with E-state index < -0.39 is 0 Å². The first kappa shape index (κ1) is 23.3. The van der Waals surface area contributed by atoms with Crippen LogP contribution in [0.4, 0.5) is 0 Å². The summed E-state index contributed by atoms with van der Waals surface area (Å²) in [6.07, 6.45) is 1.79. The quantitative estimate of drug-likeness (QED) is 0.319. The molecule has 4 rings (SSSR count). The van der Waals surface area contributed by atoms with E-state index in [2.05, 4.69) is 24.4 Å². The number of nitrogens with zero attached hydrogens (tertiary/aromatic N) is 2. The number of carbonyl (C=O) groups excluding carboxylic acids is 1. The summed E-state index contributed by atoms with van der Waals surface area (Å²) in [5, 5.41) is 13.3. The SMILES string of the molecule is CCCC(NC(=O)c1c(-c2ccc(O)c(C)c2)nc(-c2ccccc2)n1CC)c1ccccc1. The zero-order valence-corrected chi connectivity index (χ0v) is 20.0. The lowest BCUT2D eigenvalue weighted by atomic mass is 10.0. The summed E-state index contributed by atoms with van der Waals surface area (Å²) in [5.41, 5.74) is 4.73. The third kappa shape index (κ3) is 4.74. The van der Waals surface area contributed by atoms with Gasteiger partial charge in [0.15, 0.2) is 0 Å². The van der Waals surface area contributed by atoms with Gasteiger partial charge in [0, 0.05) is 17.7 Å². The van der Waals surface area contributed by atoms with Gasteiger partial charge < -0.3 is 15.0 Å². The molecular formula is C29H31N3O2. The number of imidazole rings is 1. The zero-order valence-electron chi connectivity index (χ0n) is 20.0. The molecule has 5 nitrogen and oxygen atoms in total. The number of amides is 1. The molecule has 34 heavy (non-hydrogen) atoms. The smallest absolute Gasteiger partial charge is 0.270 e. The van der Waals surface area contributed by atoms with Crippen molar-refractivity contribution < 1.29 is 9.90 Å². The van der Waals surface area contributed by atoms with Crippen LogP contribution >= 0.6 is 0 Å². The molecule has 174 valence electrons. The van der Waals surface area contributed by atoms with Gasteiger partial charge in [0.2, 0.25) is 0 Å². The predicted octanol–water partition coefficient (Wildman–Crippen LogP) is 6.52. The van der Waals surface area contributed by atoms with Crippen LogP contribution in [0.25, 0.3) is 22.6 Å². The topological polar surface area (TPSA) is 67.2 Å². The second-order valence-electron chi connectivity index (χ2n) is 8.47. The van der Waals surface area contributed by atoms with Gasteiger partial charge in [0.05, 0.1) is 6.04 Å².